The molecule has 1 N–H and O–H groups in total. The maximum Gasteiger partial charge on any atom is 0.303 e. The third kappa shape index (κ3) is 25.3. The summed E-state index contributed by atoms with van der Waals surface area (Å²) in [6.45, 7) is 4.64. The second kappa shape index (κ2) is 22.9. The third-order valence-electron chi connectivity index (χ3n) is 5.58. The maximum absolute atomic E-state index is 10.4. The van der Waals surface area contributed by atoms with Crippen LogP contribution in [0.4, 0.5) is 0 Å². The zero-order chi connectivity index (χ0) is 22.3. The molecule has 0 aromatic carbocycles. The summed E-state index contributed by atoms with van der Waals surface area (Å²) in [6.07, 6.45) is 29.2. The predicted octanol–water partition coefficient (Wildman–Crippen LogP) is 9.82. The molecule has 0 aliphatic heterocycles. The Morgan fingerprint density at radius 3 is 1.73 bits per heavy atom. The first-order chi connectivity index (χ1) is 14.5. The molecule has 0 saturated carbocycles. The minimum Gasteiger partial charge on any atom is -0.481 e. The van der Waals surface area contributed by atoms with Crippen LogP contribution in [-0.2, 0) is 4.79 Å². The fraction of sp³-hybridized carbons (Fsp3) is 0.815. The van der Waals surface area contributed by atoms with E-state index in [1.54, 1.807) is 0 Å². The number of carboxylic acid groups (broad SMARTS) is 1. The van der Waals surface area contributed by atoms with Crippen LogP contribution in [0.1, 0.15) is 136 Å². The summed E-state index contributed by atoms with van der Waals surface area (Å²) < 4.78 is 0. The molecule has 0 spiro atoms. The molecule has 0 radical (unpaired) electrons. The molecule has 176 valence electrons. The highest BCUT2D eigenvalue weighted by molar-refractivity contribution is 6.29. The minimum atomic E-state index is -0.715. The van der Waals surface area contributed by atoms with Crippen LogP contribution in [0.5, 0.6) is 0 Å². The Labute approximate surface area is 192 Å². The molecule has 3 heteroatoms. The molecule has 0 amide bonds. The van der Waals surface area contributed by atoms with Crippen LogP contribution in [0, 0.1) is 5.92 Å². The molecule has 0 atom stereocenters. The Kier molecular flexibility index (Phi) is 22.3. The SMILES string of the molecule is CC(C)CCCCCCCCCCCCCC/C=C(\Cl)CC/C=C\CCCC(=O)O. The average molecular weight is 441 g/mol. The standard InChI is InChI=1S/C27H49ClO2/c1-25(2)21-17-13-10-8-6-4-3-5-7-9-11-14-18-22-26(28)23-19-15-12-16-20-24-27(29)30/h12,15,22,25H,3-11,13-14,16-21,23-24H2,1-2H3,(H,29,30)/b15-12-,26-22-. The molecule has 0 aromatic heterocycles. The third-order valence-corrected chi connectivity index (χ3v) is 5.92. The molecular formula is C27H49ClO2. The van der Waals surface area contributed by atoms with Gasteiger partial charge in [0.15, 0.2) is 0 Å². The van der Waals surface area contributed by atoms with Crippen molar-refractivity contribution < 1.29 is 9.90 Å². The molecule has 0 heterocycles. The highest BCUT2D eigenvalue weighted by atomic mass is 35.5. The molecular weight excluding hydrogens is 392 g/mol. The Bertz CT molecular complexity index is 440. The van der Waals surface area contributed by atoms with E-state index in [-0.39, 0.29) is 6.42 Å². The van der Waals surface area contributed by atoms with E-state index in [4.69, 9.17) is 16.7 Å². The highest BCUT2D eigenvalue weighted by Crippen LogP contribution is 2.16. The van der Waals surface area contributed by atoms with Crippen molar-refractivity contribution in [1.82, 2.24) is 0 Å². The molecule has 0 saturated heterocycles. The molecule has 0 aliphatic rings. The molecule has 0 bridgehead atoms. The van der Waals surface area contributed by atoms with Crippen LogP contribution in [0.2, 0.25) is 0 Å². The highest BCUT2D eigenvalue weighted by Gasteiger charge is 1.97. The van der Waals surface area contributed by atoms with Crippen LogP contribution < -0.4 is 0 Å². The number of carboxylic acids is 1. The van der Waals surface area contributed by atoms with Crippen molar-refractivity contribution in [3.8, 4) is 0 Å². The van der Waals surface area contributed by atoms with Crippen molar-refractivity contribution in [2.45, 2.75) is 136 Å². The topological polar surface area (TPSA) is 37.3 Å². The molecule has 0 aliphatic carbocycles. The van der Waals surface area contributed by atoms with E-state index in [0.29, 0.717) is 6.42 Å². The van der Waals surface area contributed by atoms with Crippen LogP contribution in [0.3, 0.4) is 0 Å². The van der Waals surface area contributed by atoms with Gasteiger partial charge in [-0.15, -0.1) is 0 Å². The van der Waals surface area contributed by atoms with Crippen molar-refractivity contribution in [3.05, 3.63) is 23.3 Å². The first kappa shape index (κ1) is 29.2. The van der Waals surface area contributed by atoms with Crippen molar-refractivity contribution >= 4 is 17.6 Å². The quantitative estimate of drug-likeness (QED) is 0.134. The van der Waals surface area contributed by atoms with Gasteiger partial charge in [0, 0.05) is 11.5 Å². The van der Waals surface area contributed by atoms with Gasteiger partial charge in [0.05, 0.1) is 0 Å². The van der Waals surface area contributed by atoms with Crippen LogP contribution in [-0.4, -0.2) is 11.1 Å². The summed E-state index contributed by atoms with van der Waals surface area (Å²) in [7, 11) is 0. The average Bonchev–Trinajstić information content (AvgIpc) is 2.69. The first-order valence-corrected chi connectivity index (χ1v) is 13.1. The summed E-state index contributed by atoms with van der Waals surface area (Å²) >= 11 is 6.28. The minimum absolute atomic E-state index is 0.254. The van der Waals surface area contributed by atoms with Gasteiger partial charge in [-0.3, -0.25) is 4.79 Å². The zero-order valence-corrected chi connectivity index (χ0v) is 20.7. The zero-order valence-electron chi connectivity index (χ0n) is 20.0. The van der Waals surface area contributed by atoms with E-state index in [1.165, 1.54) is 83.5 Å². The normalized spacial score (nSPS) is 12.3. The monoisotopic (exact) mass is 440 g/mol. The fourth-order valence-corrected chi connectivity index (χ4v) is 3.87. The van der Waals surface area contributed by atoms with Gasteiger partial charge in [-0.05, 0) is 44.4 Å². The number of hydrogen-bond acceptors (Lipinski definition) is 1. The summed E-state index contributed by atoms with van der Waals surface area (Å²) in [5.74, 6) is 0.155. The van der Waals surface area contributed by atoms with E-state index >= 15 is 0 Å². The van der Waals surface area contributed by atoms with Crippen molar-refractivity contribution in [2.24, 2.45) is 5.92 Å². The summed E-state index contributed by atoms with van der Waals surface area (Å²) in [4.78, 5) is 10.4. The fourth-order valence-electron chi connectivity index (χ4n) is 3.65. The lowest BCUT2D eigenvalue weighted by molar-refractivity contribution is -0.137. The van der Waals surface area contributed by atoms with Gasteiger partial charge in [-0.1, -0.05) is 121 Å². The van der Waals surface area contributed by atoms with Gasteiger partial charge < -0.3 is 5.11 Å². The predicted molar refractivity (Wildman–Crippen MR) is 133 cm³/mol. The van der Waals surface area contributed by atoms with Gasteiger partial charge in [-0.25, -0.2) is 0 Å². The molecule has 0 rings (SSSR count). The van der Waals surface area contributed by atoms with E-state index in [1.807, 2.05) is 0 Å². The second-order valence-electron chi connectivity index (χ2n) is 9.16. The van der Waals surface area contributed by atoms with Crippen LogP contribution in [0.25, 0.3) is 0 Å². The Morgan fingerprint density at radius 2 is 1.20 bits per heavy atom. The lowest BCUT2D eigenvalue weighted by atomic mass is 10.0. The Morgan fingerprint density at radius 1 is 0.700 bits per heavy atom. The molecule has 0 unspecified atom stereocenters. The maximum atomic E-state index is 10.4. The summed E-state index contributed by atoms with van der Waals surface area (Å²) in [5.41, 5.74) is 0. The molecule has 30 heavy (non-hydrogen) atoms. The van der Waals surface area contributed by atoms with Gasteiger partial charge >= 0.3 is 5.97 Å². The molecule has 0 aromatic rings. The van der Waals surface area contributed by atoms with E-state index in [9.17, 15) is 4.79 Å². The number of halogens is 1. The van der Waals surface area contributed by atoms with Gasteiger partial charge in [0.1, 0.15) is 0 Å². The number of carbonyl (C=O) groups is 1. The van der Waals surface area contributed by atoms with Gasteiger partial charge in [0.2, 0.25) is 0 Å². The number of rotatable bonds is 22. The Hall–Kier alpha value is -0.760. The van der Waals surface area contributed by atoms with Gasteiger partial charge in [0.25, 0.3) is 0 Å². The molecule has 2 nitrogen and oxygen atoms in total. The van der Waals surface area contributed by atoms with Crippen molar-refractivity contribution in [3.63, 3.8) is 0 Å². The Balaban J connectivity index is 3.30. The van der Waals surface area contributed by atoms with Gasteiger partial charge in [-0.2, -0.15) is 0 Å². The summed E-state index contributed by atoms with van der Waals surface area (Å²) in [5, 5.41) is 9.54. The number of aliphatic carboxylic acids is 1. The largest absolute Gasteiger partial charge is 0.481 e. The smallest absolute Gasteiger partial charge is 0.303 e. The number of hydrogen-bond donors (Lipinski definition) is 1. The van der Waals surface area contributed by atoms with E-state index < -0.39 is 5.97 Å². The van der Waals surface area contributed by atoms with E-state index in [2.05, 4.69) is 32.1 Å². The van der Waals surface area contributed by atoms with Crippen molar-refractivity contribution in [1.29, 1.82) is 0 Å². The second-order valence-corrected chi connectivity index (χ2v) is 9.65. The first-order valence-electron chi connectivity index (χ1n) is 12.7. The van der Waals surface area contributed by atoms with Crippen LogP contribution >= 0.6 is 11.6 Å². The molecule has 0 fully saturated rings. The number of allylic oxidation sites excluding steroid dienone is 4. The van der Waals surface area contributed by atoms with E-state index in [0.717, 1.165) is 36.6 Å². The van der Waals surface area contributed by atoms with Crippen LogP contribution in [0.15, 0.2) is 23.3 Å². The van der Waals surface area contributed by atoms with Crippen molar-refractivity contribution in [2.75, 3.05) is 0 Å². The summed E-state index contributed by atoms with van der Waals surface area (Å²) in [6, 6.07) is 0. The lowest BCUT2D eigenvalue weighted by Crippen LogP contribution is -1.92. The number of unbranched alkanes of at least 4 members (excludes halogenated alkanes) is 13. The lowest BCUT2D eigenvalue weighted by Gasteiger charge is -2.04.